The first-order valence-corrected chi connectivity index (χ1v) is 7.36. The van der Waals surface area contributed by atoms with Gasteiger partial charge in [0.05, 0.1) is 11.4 Å². The molecule has 1 atom stereocenters. The zero-order valence-electron chi connectivity index (χ0n) is 11.5. The average Bonchev–Trinajstić information content (AvgIpc) is 3.28. The maximum Gasteiger partial charge on any atom is 0.0724 e. The maximum absolute atomic E-state index is 5.96. The lowest BCUT2D eigenvalue weighted by atomic mass is 10.0. The quantitative estimate of drug-likeness (QED) is 0.911. The molecule has 0 amide bonds. The van der Waals surface area contributed by atoms with Crippen LogP contribution < -0.4 is 5.32 Å². The van der Waals surface area contributed by atoms with Gasteiger partial charge in [-0.3, -0.25) is 9.97 Å². The molecule has 0 bridgehead atoms. The van der Waals surface area contributed by atoms with Crippen molar-refractivity contribution < 1.29 is 0 Å². The first-order valence-electron chi connectivity index (χ1n) is 6.99. The van der Waals surface area contributed by atoms with E-state index in [1.165, 1.54) is 18.4 Å². The fraction of sp³-hybridized carbons (Fsp3) is 0.375. The van der Waals surface area contributed by atoms with Gasteiger partial charge in [0.25, 0.3) is 0 Å². The number of aryl methyl sites for hydroxylation is 1. The molecule has 2 aromatic rings. The molecule has 0 radical (unpaired) electrons. The molecular formula is C16H18ClN3. The van der Waals surface area contributed by atoms with Gasteiger partial charge < -0.3 is 5.32 Å². The van der Waals surface area contributed by atoms with Crippen molar-refractivity contribution in [1.82, 2.24) is 15.3 Å². The molecule has 0 spiro atoms. The van der Waals surface area contributed by atoms with Crippen molar-refractivity contribution >= 4 is 11.6 Å². The standard InChI is InChI=1S/C16H18ClN3/c1-11-8-19-15(9-18-11)10-20-16(12-2-3-12)13-4-6-14(17)7-5-13/h4-9,12,16,20H,2-3,10H2,1H3. The van der Waals surface area contributed by atoms with Crippen LogP contribution >= 0.6 is 11.6 Å². The Morgan fingerprint density at radius 2 is 1.95 bits per heavy atom. The molecule has 20 heavy (non-hydrogen) atoms. The van der Waals surface area contributed by atoms with E-state index in [1.54, 1.807) is 0 Å². The number of rotatable bonds is 5. The third kappa shape index (κ3) is 3.35. The Balaban J connectivity index is 1.68. The van der Waals surface area contributed by atoms with Gasteiger partial charge in [-0.15, -0.1) is 0 Å². The maximum atomic E-state index is 5.96. The molecule has 1 fully saturated rings. The molecule has 3 nitrogen and oxygen atoms in total. The number of nitrogens with zero attached hydrogens (tertiary/aromatic N) is 2. The summed E-state index contributed by atoms with van der Waals surface area (Å²) in [6.45, 7) is 2.70. The lowest BCUT2D eigenvalue weighted by Gasteiger charge is -2.18. The molecule has 1 aliphatic carbocycles. The minimum absolute atomic E-state index is 0.385. The topological polar surface area (TPSA) is 37.8 Å². The monoisotopic (exact) mass is 287 g/mol. The van der Waals surface area contributed by atoms with E-state index in [0.29, 0.717) is 6.04 Å². The van der Waals surface area contributed by atoms with Crippen LogP contribution in [0, 0.1) is 12.8 Å². The van der Waals surface area contributed by atoms with Crippen LogP contribution in [-0.4, -0.2) is 9.97 Å². The SMILES string of the molecule is Cc1cnc(CNC(c2ccc(Cl)cc2)C2CC2)cn1. The van der Waals surface area contributed by atoms with E-state index in [0.717, 1.165) is 28.9 Å². The Bertz CT molecular complexity index is 561. The second kappa shape index (κ2) is 5.90. The van der Waals surface area contributed by atoms with Crippen LogP contribution in [0.15, 0.2) is 36.7 Å². The predicted octanol–water partition coefficient (Wildman–Crippen LogP) is 3.68. The van der Waals surface area contributed by atoms with E-state index in [-0.39, 0.29) is 0 Å². The average molecular weight is 288 g/mol. The fourth-order valence-corrected chi connectivity index (χ4v) is 2.51. The molecule has 1 aromatic carbocycles. The van der Waals surface area contributed by atoms with Crippen LogP contribution in [0.1, 0.15) is 35.8 Å². The summed E-state index contributed by atoms with van der Waals surface area (Å²) in [6, 6.07) is 8.52. The zero-order valence-corrected chi connectivity index (χ0v) is 12.3. The van der Waals surface area contributed by atoms with Gasteiger partial charge in [-0.2, -0.15) is 0 Å². The molecule has 1 saturated carbocycles. The number of hydrogen-bond donors (Lipinski definition) is 1. The van der Waals surface area contributed by atoms with Crippen LogP contribution in [0.2, 0.25) is 5.02 Å². The highest BCUT2D eigenvalue weighted by Crippen LogP contribution is 2.41. The molecule has 3 rings (SSSR count). The third-order valence-corrected chi connectivity index (χ3v) is 3.91. The van der Waals surface area contributed by atoms with Gasteiger partial charge in [-0.1, -0.05) is 23.7 Å². The summed E-state index contributed by atoms with van der Waals surface area (Å²) in [6.07, 6.45) is 6.24. The Hall–Kier alpha value is -1.45. The summed E-state index contributed by atoms with van der Waals surface area (Å²) in [7, 11) is 0. The lowest BCUT2D eigenvalue weighted by Crippen LogP contribution is -2.23. The minimum atomic E-state index is 0.385. The summed E-state index contributed by atoms with van der Waals surface area (Å²) in [5, 5.41) is 4.39. The van der Waals surface area contributed by atoms with Gasteiger partial charge in [-0.05, 0) is 43.4 Å². The summed E-state index contributed by atoms with van der Waals surface area (Å²) in [4.78, 5) is 8.67. The summed E-state index contributed by atoms with van der Waals surface area (Å²) < 4.78 is 0. The molecule has 0 aliphatic heterocycles. The van der Waals surface area contributed by atoms with Gasteiger partial charge in [-0.25, -0.2) is 0 Å². The van der Waals surface area contributed by atoms with E-state index < -0.39 is 0 Å². The van der Waals surface area contributed by atoms with Gasteiger partial charge in [0.2, 0.25) is 0 Å². The third-order valence-electron chi connectivity index (χ3n) is 3.66. The van der Waals surface area contributed by atoms with Crippen molar-refractivity contribution in [3.05, 3.63) is 58.6 Å². The second-order valence-electron chi connectivity index (χ2n) is 5.40. The van der Waals surface area contributed by atoms with E-state index in [2.05, 4.69) is 27.4 Å². The summed E-state index contributed by atoms with van der Waals surface area (Å²) in [5.41, 5.74) is 3.23. The van der Waals surface area contributed by atoms with Gasteiger partial charge in [0, 0.05) is 30.0 Å². The van der Waals surface area contributed by atoms with E-state index >= 15 is 0 Å². The van der Waals surface area contributed by atoms with E-state index in [4.69, 9.17) is 11.6 Å². The Morgan fingerprint density at radius 3 is 2.55 bits per heavy atom. The smallest absolute Gasteiger partial charge is 0.0724 e. The normalized spacial score (nSPS) is 16.1. The molecule has 0 saturated heterocycles. The van der Waals surface area contributed by atoms with Crippen LogP contribution in [0.3, 0.4) is 0 Å². The van der Waals surface area contributed by atoms with Gasteiger partial charge >= 0.3 is 0 Å². The van der Waals surface area contributed by atoms with E-state index in [1.807, 2.05) is 31.5 Å². The van der Waals surface area contributed by atoms with Gasteiger partial charge in [0.15, 0.2) is 0 Å². The Kier molecular flexibility index (Phi) is 3.99. The summed E-state index contributed by atoms with van der Waals surface area (Å²) >= 11 is 5.96. The molecule has 1 N–H and O–H groups in total. The van der Waals surface area contributed by atoms with Crippen molar-refractivity contribution in [3.8, 4) is 0 Å². The predicted molar refractivity (Wildman–Crippen MR) is 80.5 cm³/mol. The highest BCUT2D eigenvalue weighted by Gasteiger charge is 2.31. The largest absolute Gasteiger partial charge is 0.304 e. The Labute approximate surface area is 124 Å². The summed E-state index contributed by atoms with van der Waals surface area (Å²) in [5.74, 6) is 0.731. The number of aromatic nitrogens is 2. The molecule has 104 valence electrons. The number of halogens is 1. The molecule has 1 aliphatic rings. The van der Waals surface area contributed by atoms with E-state index in [9.17, 15) is 0 Å². The highest BCUT2D eigenvalue weighted by atomic mass is 35.5. The lowest BCUT2D eigenvalue weighted by molar-refractivity contribution is 0.476. The van der Waals surface area contributed by atoms with Crippen molar-refractivity contribution in [3.63, 3.8) is 0 Å². The van der Waals surface area contributed by atoms with Crippen LogP contribution in [0.4, 0.5) is 0 Å². The molecule has 4 heteroatoms. The van der Waals surface area contributed by atoms with Crippen molar-refractivity contribution in [2.24, 2.45) is 5.92 Å². The van der Waals surface area contributed by atoms with Crippen LogP contribution in [0.5, 0.6) is 0 Å². The second-order valence-corrected chi connectivity index (χ2v) is 5.83. The fourth-order valence-electron chi connectivity index (χ4n) is 2.38. The number of nitrogens with one attached hydrogen (secondary N) is 1. The van der Waals surface area contributed by atoms with Crippen LogP contribution in [-0.2, 0) is 6.54 Å². The zero-order chi connectivity index (χ0) is 13.9. The minimum Gasteiger partial charge on any atom is -0.304 e. The molecule has 1 unspecified atom stereocenters. The van der Waals surface area contributed by atoms with Crippen LogP contribution in [0.25, 0.3) is 0 Å². The van der Waals surface area contributed by atoms with Crippen molar-refractivity contribution in [1.29, 1.82) is 0 Å². The number of benzene rings is 1. The first kappa shape index (κ1) is 13.5. The van der Waals surface area contributed by atoms with Crippen molar-refractivity contribution in [2.45, 2.75) is 32.4 Å². The first-order chi connectivity index (χ1) is 9.72. The number of hydrogen-bond acceptors (Lipinski definition) is 3. The van der Waals surface area contributed by atoms with Crippen molar-refractivity contribution in [2.75, 3.05) is 0 Å². The van der Waals surface area contributed by atoms with Gasteiger partial charge in [0.1, 0.15) is 0 Å². The molecule has 1 heterocycles. The highest BCUT2D eigenvalue weighted by molar-refractivity contribution is 6.30. The molecule has 1 aromatic heterocycles. The Morgan fingerprint density at radius 1 is 1.20 bits per heavy atom. The molecular weight excluding hydrogens is 270 g/mol.